The van der Waals surface area contributed by atoms with Crippen molar-refractivity contribution in [2.45, 2.75) is 26.3 Å². The first-order chi connectivity index (χ1) is 10.2. The molecule has 5 heteroatoms. The molecule has 21 heavy (non-hydrogen) atoms. The molecule has 1 aromatic carbocycles. The van der Waals surface area contributed by atoms with Gasteiger partial charge in [0.25, 0.3) is 5.91 Å². The summed E-state index contributed by atoms with van der Waals surface area (Å²) >= 11 is 1.38. The van der Waals surface area contributed by atoms with Crippen molar-refractivity contribution < 1.29 is 4.79 Å². The Balaban J connectivity index is 1.75. The number of para-hydroxylation sites is 1. The summed E-state index contributed by atoms with van der Waals surface area (Å²) in [6.07, 6.45) is 2.54. The molecule has 0 bridgehead atoms. The highest BCUT2D eigenvalue weighted by Crippen LogP contribution is 2.22. The summed E-state index contributed by atoms with van der Waals surface area (Å²) in [6, 6.07) is 8.05. The van der Waals surface area contributed by atoms with Crippen LogP contribution in [0.15, 0.2) is 29.8 Å². The van der Waals surface area contributed by atoms with E-state index in [0.717, 1.165) is 31.0 Å². The van der Waals surface area contributed by atoms with Crippen molar-refractivity contribution in [1.29, 1.82) is 0 Å². The molecule has 2 heterocycles. The SMILES string of the molecule is Cc1ncsc1C(=O)Nc1ccccc1CN1CCCC1. The predicted octanol–water partition coefficient (Wildman–Crippen LogP) is 3.30. The molecule has 1 N–H and O–H groups in total. The van der Waals surface area contributed by atoms with E-state index in [1.165, 1.54) is 29.7 Å². The van der Waals surface area contributed by atoms with Gasteiger partial charge in [0.05, 0.1) is 11.2 Å². The van der Waals surface area contributed by atoms with Crippen LogP contribution < -0.4 is 5.32 Å². The quantitative estimate of drug-likeness (QED) is 0.942. The molecule has 1 fully saturated rings. The highest BCUT2D eigenvalue weighted by molar-refractivity contribution is 7.12. The fourth-order valence-electron chi connectivity index (χ4n) is 2.66. The topological polar surface area (TPSA) is 45.2 Å². The van der Waals surface area contributed by atoms with Crippen molar-refractivity contribution in [3.63, 3.8) is 0 Å². The van der Waals surface area contributed by atoms with Crippen molar-refractivity contribution in [2.75, 3.05) is 18.4 Å². The van der Waals surface area contributed by atoms with E-state index in [9.17, 15) is 4.79 Å². The third-order valence-corrected chi connectivity index (χ3v) is 4.74. The molecular weight excluding hydrogens is 282 g/mol. The lowest BCUT2D eigenvalue weighted by Crippen LogP contribution is -2.20. The van der Waals surface area contributed by atoms with E-state index in [-0.39, 0.29) is 5.91 Å². The minimum Gasteiger partial charge on any atom is -0.321 e. The Morgan fingerprint density at radius 3 is 2.81 bits per heavy atom. The number of nitrogens with one attached hydrogen (secondary N) is 1. The molecule has 110 valence electrons. The third kappa shape index (κ3) is 3.31. The lowest BCUT2D eigenvalue weighted by molar-refractivity contribution is 0.102. The Morgan fingerprint density at radius 1 is 1.33 bits per heavy atom. The van der Waals surface area contributed by atoms with Crippen LogP contribution in [0.5, 0.6) is 0 Å². The second-order valence-corrected chi connectivity index (χ2v) is 6.22. The second kappa shape index (κ2) is 6.37. The van der Waals surface area contributed by atoms with Crippen molar-refractivity contribution >= 4 is 22.9 Å². The van der Waals surface area contributed by atoms with Crippen LogP contribution in [0.4, 0.5) is 5.69 Å². The van der Waals surface area contributed by atoms with E-state index in [1.54, 1.807) is 5.51 Å². The Hall–Kier alpha value is -1.72. The maximum Gasteiger partial charge on any atom is 0.267 e. The first kappa shape index (κ1) is 14.2. The summed E-state index contributed by atoms with van der Waals surface area (Å²) in [5, 5.41) is 3.03. The monoisotopic (exact) mass is 301 g/mol. The molecule has 4 nitrogen and oxygen atoms in total. The fraction of sp³-hybridized carbons (Fsp3) is 0.375. The highest BCUT2D eigenvalue weighted by Gasteiger charge is 2.16. The number of benzene rings is 1. The lowest BCUT2D eigenvalue weighted by Gasteiger charge is -2.17. The van der Waals surface area contributed by atoms with Crippen LogP contribution in [-0.4, -0.2) is 28.9 Å². The Kier molecular flexibility index (Phi) is 4.31. The van der Waals surface area contributed by atoms with Crippen molar-refractivity contribution in [3.8, 4) is 0 Å². The van der Waals surface area contributed by atoms with Gasteiger partial charge in [-0.05, 0) is 44.5 Å². The van der Waals surface area contributed by atoms with Gasteiger partial charge in [0, 0.05) is 12.2 Å². The summed E-state index contributed by atoms with van der Waals surface area (Å²) in [7, 11) is 0. The molecule has 2 aromatic rings. The standard InChI is InChI=1S/C16H19N3OS/c1-12-15(21-11-17-12)16(20)18-14-7-3-2-6-13(14)10-19-8-4-5-9-19/h2-3,6-7,11H,4-5,8-10H2,1H3,(H,18,20). The number of amides is 1. The normalized spacial score (nSPS) is 15.3. The molecule has 1 amide bonds. The van der Waals surface area contributed by atoms with Gasteiger partial charge in [-0.1, -0.05) is 18.2 Å². The van der Waals surface area contributed by atoms with Crippen LogP contribution >= 0.6 is 11.3 Å². The molecule has 3 rings (SSSR count). The van der Waals surface area contributed by atoms with Crippen LogP contribution in [0.25, 0.3) is 0 Å². The van der Waals surface area contributed by atoms with E-state index in [0.29, 0.717) is 4.88 Å². The van der Waals surface area contributed by atoms with Gasteiger partial charge in [0.15, 0.2) is 0 Å². The number of rotatable bonds is 4. The van der Waals surface area contributed by atoms with Gasteiger partial charge in [-0.25, -0.2) is 4.98 Å². The maximum atomic E-state index is 12.3. The number of aryl methyl sites for hydroxylation is 1. The molecule has 0 unspecified atom stereocenters. The van der Waals surface area contributed by atoms with Crippen LogP contribution in [-0.2, 0) is 6.54 Å². The molecule has 0 spiro atoms. The third-order valence-electron chi connectivity index (χ3n) is 3.81. The molecule has 0 saturated carbocycles. The van der Waals surface area contributed by atoms with Gasteiger partial charge in [0.1, 0.15) is 4.88 Å². The molecule has 1 saturated heterocycles. The van der Waals surface area contributed by atoms with Gasteiger partial charge in [0.2, 0.25) is 0 Å². The minimum absolute atomic E-state index is 0.0659. The number of hydrogen-bond donors (Lipinski definition) is 1. The van der Waals surface area contributed by atoms with E-state index in [4.69, 9.17) is 0 Å². The van der Waals surface area contributed by atoms with Crippen LogP contribution in [0.3, 0.4) is 0 Å². The molecular formula is C16H19N3OS. The first-order valence-corrected chi connectivity index (χ1v) is 8.13. The van der Waals surface area contributed by atoms with Gasteiger partial charge in [-0.3, -0.25) is 9.69 Å². The number of thiazole rings is 1. The van der Waals surface area contributed by atoms with E-state index in [1.807, 2.05) is 25.1 Å². The van der Waals surface area contributed by atoms with Gasteiger partial charge >= 0.3 is 0 Å². The zero-order chi connectivity index (χ0) is 14.7. The number of carbonyl (C=O) groups is 1. The number of aromatic nitrogens is 1. The summed E-state index contributed by atoms with van der Waals surface area (Å²) < 4.78 is 0. The molecule has 0 atom stereocenters. The summed E-state index contributed by atoms with van der Waals surface area (Å²) in [5.41, 5.74) is 4.58. The van der Waals surface area contributed by atoms with E-state index < -0.39 is 0 Å². The maximum absolute atomic E-state index is 12.3. The summed E-state index contributed by atoms with van der Waals surface area (Å²) in [5.74, 6) is -0.0659. The fourth-order valence-corrected chi connectivity index (χ4v) is 3.36. The molecule has 0 radical (unpaired) electrons. The first-order valence-electron chi connectivity index (χ1n) is 7.26. The Bertz CT molecular complexity index is 632. The number of carbonyl (C=O) groups excluding carboxylic acids is 1. The minimum atomic E-state index is -0.0659. The number of anilines is 1. The average molecular weight is 301 g/mol. The molecule has 1 aromatic heterocycles. The zero-order valence-electron chi connectivity index (χ0n) is 12.1. The smallest absolute Gasteiger partial charge is 0.267 e. The van der Waals surface area contributed by atoms with Crippen molar-refractivity contribution in [1.82, 2.24) is 9.88 Å². The highest BCUT2D eigenvalue weighted by atomic mass is 32.1. The van der Waals surface area contributed by atoms with E-state index in [2.05, 4.69) is 21.3 Å². The summed E-state index contributed by atoms with van der Waals surface area (Å²) in [4.78, 5) is 19.6. The van der Waals surface area contributed by atoms with Crippen molar-refractivity contribution in [2.24, 2.45) is 0 Å². The Morgan fingerprint density at radius 2 is 2.10 bits per heavy atom. The number of nitrogens with zero attached hydrogens (tertiary/aromatic N) is 2. The van der Waals surface area contributed by atoms with E-state index >= 15 is 0 Å². The Labute approximate surface area is 128 Å². The largest absolute Gasteiger partial charge is 0.321 e. The van der Waals surface area contributed by atoms with Crippen LogP contribution in [0.2, 0.25) is 0 Å². The van der Waals surface area contributed by atoms with Crippen LogP contribution in [0, 0.1) is 6.92 Å². The lowest BCUT2D eigenvalue weighted by atomic mass is 10.1. The molecule has 1 aliphatic heterocycles. The molecule has 0 aliphatic carbocycles. The molecule has 1 aliphatic rings. The van der Waals surface area contributed by atoms with Gasteiger partial charge < -0.3 is 5.32 Å². The predicted molar refractivity (Wildman–Crippen MR) is 85.8 cm³/mol. The average Bonchev–Trinajstić information content (AvgIpc) is 3.12. The number of hydrogen-bond acceptors (Lipinski definition) is 4. The van der Waals surface area contributed by atoms with Gasteiger partial charge in [-0.15, -0.1) is 11.3 Å². The second-order valence-electron chi connectivity index (χ2n) is 5.36. The van der Waals surface area contributed by atoms with Gasteiger partial charge in [-0.2, -0.15) is 0 Å². The number of likely N-dealkylation sites (tertiary alicyclic amines) is 1. The van der Waals surface area contributed by atoms with Crippen LogP contribution in [0.1, 0.15) is 33.8 Å². The zero-order valence-corrected chi connectivity index (χ0v) is 12.9. The van der Waals surface area contributed by atoms with Crippen molar-refractivity contribution in [3.05, 3.63) is 45.9 Å². The summed E-state index contributed by atoms with van der Waals surface area (Å²) in [6.45, 7) is 5.06.